The molecular formula is C14H19ClN2S. The number of nitrogens with one attached hydrogen (secondary N) is 1. The van der Waals surface area contributed by atoms with E-state index < -0.39 is 0 Å². The van der Waals surface area contributed by atoms with Crippen LogP contribution in [0.5, 0.6) is 0 Å². The van der Waals surface area contributed by atoms with Gasteiger partial charge in [0.25, 0.3) is 0 Å². The Hall–Kier alpha value is -0.640. The molecule has 1 heterocycles. The standard InChI is InChI=1S/C14H19ClN2S/c1-2-11(7-8-15)9-16-10-14-17-12-5-3-4-6-13(12)18-14/h3-6,11,16H,2,7-10H2,1H3. The Morgan fingerprint density at radius 2 is 2.22 bits per heavy atom. The van der Waals surface area contributed by atoms with Crippen molar-refractivity contribution in [1.29, 1.82) is 0 Å². The van der Waals surface area contributed by atoms with Gasteiger partial charge < -0.3 is 5.32 Å². The molecule has 1 aromatic heterocycles. The highest BCUT2D eigenvalue weighted by atomic mass is 35.5. The smallest absolute Gasteiger partial charge is 0.108 e. The topological polar surface area (TPSA) is 24.9 Å². The summed E-state index contributed by atoms with van der Waals surface area (Å²) in [5.41, 5.74) is 1.10. The molecule has 2 aromatic rings. The van der Waals surface area contributed by atoms with E-state index in [0.717, 1.165) is 35.9 Å². The molecule has 1 aromatic carbocycles. The lowest BCUT2D eigenvalue weighted by atomic mass is 10.0. The molecule has 0 amide bonds. The van der Waals surface area contributed by atoms with Crippen LogP contribution in [0.3, 0.4) is 0 Å². The van der Waals surface area contributed by atoms with Gasteiger partial charge in [0.2, 0.25) is 0 Å². The fraction of sp³-hybridized carbons (Fsp3) is 0.500. The maximum absolute atomic E-state index is 5.79. The highest BCUT2D eigenvalue weighted by Crippen LogP contribution is 2.21. The summed E-state index contributed by atoms with van der Waals surface area (Å²) in [4.78, 5) is 4.61. The van der Waals surface area contributed by atoms with E-state index >= 15 is 0 Å². The fourth-order valence-electron chi connectivity index (χ4n) is 1.98. The first-order valence-electron chi connectivity index (χ1n) is 6.44. The van der Waals surface area contributed by atoms with Crippen molar-refractivity contribution in [2.75, 3.05) is 12.4 Å². The summed E-state index contributed by atoms with van der Waals surface area (Å²) in [5, 5.41) is 4.65. The van der Waals surface area contributed by atoms with E-state index in [1.807, 2.05) is 6.07 Å². The predicted molar refractivity (Wildman–Crippen MR) is 80.4 cm³/mol. The van der Waals surface area contributed by atoms with Gasteiger partial charge in [-0.3, -0.25) is 0 Å². The van der Waals surface area contributed by atoms with Gasteiger partial charge in [0.15, 0.2) is 0 Å². The van der Waals surface area contributed by atoms with Gasteiger partial charge in [-0.05, 0) is 31.0 Å². The first-order valence-corrected chi connectivity index (χ1v) is 7.79. The highest BCUT2D eigenvalue weighted by molar-refractivity contribution is 7.18. The van der Waals surface area contributed by atoms with Gasteiger partial charge in [0, 0.05) is 12.4 Å². The molecule has 1 atom stereocenters. The van der Waals surface area contributed by atoms with Crippen LogP contribution in [0.25, 0.3) is 10.2 Å². The molecular weight excluding hydrogens is 264 g/mol. The van der Waals surface area contributed by atoms with Gasteiger partial charge in [0.05, 0.1) is 10.2 Å². The molecule has 98 valence electrons. The van der Waals surface area contributed by atoms with Crippen molar-refractivity contribution < 1.29 is 0 Å². The zero-order chi connectivity index (χ0) is 12.8. The van der Waals surface area contributed by atoms with E-state index in [1.165, 1.54) is 11.1 Å². The summed E-state index contributed by atoms with van der Waals surface area (Å²) < 4.78 is 1.27. The molecule has 0 radical (unpaired) electrons. The Bertz CT molecular complexity index is 450. The Labute approximate surface area is 117 Å². The van der Waals surface area contributed by atoms with Crippen LogP contribution in [0.2, 0.25) is 0 Å². The zero-order valence-corrected chi connectivity index (χ0v) is 12.2. The van der Waals surface area contributed by atoms with E-state index in [0.29, 0.717) is 5.92 Å². The maximum atomic E-state index is 5.79. The lowest BCUT2D eigenvalue weighted by Crippen LogP contribution is -2.22. The van der Waals surface area contributed by atoms with Crippen molar-refractivity contribution in [3.8, 4) is 0 Å². The van der Waals surface area contributed by atoms with Crippen LogP contribution >= 0.6 is 22.9 Å². The number of para-hydroxylation sites is 1. The monoisotopic (exact) mass is 282 g/mol. The number of rotatable bonds is 7. The van der Waals surface area contributed by atoms with Crippen LogP contribution < -0.4 is 5.32 Å². The van der Waals surface area contributed by atoms with E-state index in [9.17, 15) is 0 Å². The van der Waals surface area contributed by atoms with Gasteiger partial charge in [0.1, 0.15) is 5.01 Å². The van der Waals surface area contributed by atoms with Crippen molar-refractivity contribution in [3.63, 3.8) is 0 Å². The van der Waals surface area contributed by atoms with Crippen molar-refractivity contribution in [2.45, 2.75) is 26.3 Å². The average molecular weight is 283 g/mol. The molecule has 0 spiro atoms. The second-order valence-electron chi connectivity index (χ2n) is 4.46. The number of hydrogen-bond donors (Lipinski definition) is 1. The Morgan fingerprint density at radius 3 is 2.94 bits per heavy atom. The molecule has 2 rings (SSSR count). The average Bonchev–Trinajstić information content (AvgIpc) is 2.80. The molecule has 0 aliphatic carbocycles. The molecule has 1 unspecified atom stereocenters. The Morgan fingerprint density at radius 1 is 1.39 bits per heavy atom. The van der Waals surface area contributed by atoms with Gasteiger partial charge in [-0.2, -0.15) is 0 Å². The van der Waals surface area contributed by atoms with Gasteiger partial charge >= 0.3 is 0 Å². The van der Waals surface area contributed by atoms with Crippen LogP contribution in [-0.4, -0.2) is 17.4 Å². The highest BCUT2D eigenvalue weighted by Gasteiger charge is 2.06. The van der Waals surface area contributed by atoms with E-state index in [2.05, 4.69) is 35.4 Å². The normalized spacial score (nSPS) is 13.0. The van der Waals surface area contributed by atoms with Crippen molar-refractivity contribution >= 4 is 33.2 Å². The maximum Gasteiger partial charge on any atom is 0.108 e. The third-order valence-electron chi connectivity index (χ3n) is 3.14. The molecule has 0 saturated carbocycles. The van der Waals surface area contributed by atoms with E-state index in [-0.39, 0.29) is 0 Å². The number of fused-ring (bicyclic) bond motifs is 1. The summed E-state index contributed by atoms with van der Waals surface area (Å²) in [6.45, 7) is 4.11. The molecule has 4 heteroatoms. The third-order valence-corrected chi connectivity index (χ3v) is 4.40. The minimum Gasteiger partial charge on any atom is -0.310 e. The summed E-state index contributed by atoms with van der Waals surface area (Å²) in [6, 6.07) is 8.29. The molecule has 0 saturated heterocycles. The first kappa shape index (κ1) is 13.8. The van der Waals surface area contributed by atoms with Gasteiger partial charge in [-0.25, -0.2) is 4.98 Å². The van der Waals surface area contributed by atoms with E-state index in [1.54, 1.807) is 11.3 Å². The molecule has 0 aliphatic rings. The minimum absolute atomic E-state index is 0.678. The number of alkyl halides is 1. The molecule has 0 bridgehead atoms. The van der Waals surface area contributed by atoms with Crippen LogP contribution in [0, 0.1) is 5.92 Å². The second-order valence-corrected chi connectivity index (χ2v) is 5.95. The lowest BCUT2D eigenvalue weighted by molar-refractivity contribution is 0.451. The summed E-state index contributed by atoms with van der Waals surface area (Å²) in [7, 11) is 0. The van der Waals surface area contributed by atoms with Crippen molar-refractivity contribution in [2.24, 2.45) is 5.92 Å². The number of aromatic nitrogens is 1. The number of benzene rings is 1. The number of nitrogens with zero attached hydrogens (tertiary/aromatic N) is 1. The molecule has 2 nitrogen and oxygen atoms in total. The van der Waals surface area contributed by atoms with Gasteiger partial charge in [-0.15, -0.1) is 22.9 Å². The van der Waals surface area contributed by atoms with Crippen molar-refractivity contribution in [1.82, 2.24) is 10.3 Å². The molecule has 0 fully saturated rings. The van der Waals surface area contributed by atoms with Crippen LogP contribution in [0.15, 0.2) is 24.3 Å². The van der Waals surface area contributed by atoms with E-state index in [4.69, 9.17) is 11.6 Å². The van der Waals surface area contributed by atoms with Crippen LogP contribution in [0.4, 0.5) is 0 Å². The molecule has 18 heavy (non-hydrogen) atoms. The Balaban J connectivity index is 1.86. The number of hydrogen-bond acceptors (Lipinski definition) is 3. The molecule has 0 aliphatic heterocycles. The van der Waals surface area contributed by atoms with Crippen LogP contribution in [0.1, 0.15) is 24.8 Å². The Kier molecular flexibility index (Phi) is 5.42. The summed E-state index contributed by atoms with van der Waals surface area (Å²) >= 11 is 7.56. The fourth-order valence-corrected chi connectivity index (χ4v) is 3.23. The zero-order valence-electron chi connectivity index (χ0n) is 10.7. The quantitative estimate of drug-likeness (QED) is 0.775. The second kappa shape index (κ2) is 7.07. The number of thiazole rings is 1. The van der Waals surface area contributed by atoms with Gasteiger partial charge in [-0.1, -0.05) is 25.5 Å². The summed E-state index contributed by atoms with van der Waals surface area (Å²) in [5.74, 6) is 1.43. The SMILES string of the molecule is CCC(CCCl)CNCc1nc2ccccc2s1. The van der Waals surface area contributed by atoms with Crippen molar-refractivity contribution in [3.05, 3.63) is 29.3 Å². The summed E-state index contributed by atoms with van der Waals surface area (Å²) in [6.07, 6.45) is 2.27. The predicted octanol–water partition coefficient (Wildman–Crippen LogP) is 4.04. The lowest BCUT2D eigenvalue weighted by Gasteiger charge is -2.13. The first-order chi connectivity index (χ1) is 8.83. The van der Waals surface area contributed by atoms with Crippen LogP contribution in [-0.2, 0) is 6.54 Å². The minimum atomic E-state index is 0.678. The molecule has 1 N–H and O–H groups in total. The third kappa shape index (κ3) is 3.67. The number of halogens is 1. The largest absolute Gasteiger partial charge is 0.310 e.